The molecule has 0 radical (unpaired) electrons. The van der Waals surface area contributed by atoms with Gasteiger partial charge >= 0.3 is 6.36 Å². The molecule has 1 aromatic rings. The van der Waals surface area contributed by atoms with Gasteiger partial charge in [0, 0.05) is 16.2 Å². The van der Waals surface area contributed by atoms with E-state index in [1.165, 1.54) is 23.9 Å². The van der Waals surface area contributed by atoms with Gasteiger partial charge in [-0.1, -0.05) is 17.8 Å². The van der Waals surface area contributed by atoms with Crippen LogP contribution in [0.2, 0.25) is 0 Å². The van der Waals surface area contributed by atoms with Crippen LogP contribution in [0, 0.1) is 0 Å². The Morgan fingerprint density at radius 2 is 1.85 bits per heavy atom. The predicted molar refractivity (Wildman–Crippen MR) is 71.4 cm³/mol. The summed E-state index contributed by atoms with van der Waals surface area (Å²) < 4.78 is 45.1. The molecular formula is C14H13F3O2S. The molecule has 1 aromatic carbocycles. The number of hydrogen-bond donors (Lipinski definition) is 0. The van der Waals surface area contributed by atoms with Crippen LogP contribution in [0.4, 0.5) is 13.2 Å². The second-order valence-corrected chi connectivity index (χ2v) is 5.23. The first-order valence-corrected chi connectivity index (χ1v) is 6.76. The van der Waals surface area contributed by atoms with Crippen LogP contribution in [-0.2, 0) is 4.74 Å². The highest BCUT2D eigenvalue weighted by molar-refractivity contribution is 8.03. The molecule has 0 atom stereocenters. The average Bonchev–Trinajstić information content (AvgIpc) is 2.40. The van der Waals surface area contributed by atoms with E-state index in [4.69, 9.17) is 4.74 Å². The molecule has 20 heavy (non-hydrogen) atoms. The van der Waals surface area contributed by atoms with Crippen molar-refractivity contribution in [2.45, 2.75) is 24.1 Å². The zero-order chi connectivity index (χ0) is 14.6. The third-order valence-electron chi connectivity index (χ3n) is 2.59. The van der Waals surface area contributed by atoms with Gasteiger partial charge in [0.1, 0.15) is 5.75 Å². The predicted octanol–water partition coefficient (Wildman–Crippen LogP) is 4.89. The van der Waals surface area contributed by atoms with Gasteiger partial charge in [-0.25, -0.2) is 0 Å². The van der Waals surface area contributed by atoms with E-state index in [9.17, 15) is 13.2 Å². The van der Waals surface area contributed by atoms with Gasteiger partial charge in [-0.15, -0.1) is 13.2 Å². The van der Waals surface area contributed by atoms with Crippen LogP contribution >= 0.6 is 11.8 Å². The molecular weight excluding hydrogens is 289 g/mol. The minimum Gasteiger partial charge on any atom is -0.501 e. The molecule has 0 saturated carbocycles. The lowest BCUT2D eigenvalue weighted by Gasteiger charge is -2.13. The van der Waals surface area contributed by atoms with E-state index in [1.807, 2.05) is 6.08 Å². The number of alkyl halides is 3. The first-order chi connectivity index (χ1) is 9.46. The Balaban J connectivity index is 2.01. The van der Waals surface area contributed by atoms with Crippen LogP contribution in [0.3, 0.4) is 0 Å². The van der Waals surface area contributed by atoms with E-state index in [-0.39, 0.29) is 5.75 Å². The molecule has 2 rings (SSSR count). The largest absolute Gasteiger partial charge is 0.573 e. The first kappa shape index (κ1) is 14.8. The Labute approximate surface area is 119 Å². The molecule has 0 saturated heterocycles. The molecule has 0 N–H and O–H groups in total. The van der Waals surface area contributed by atoms with Crippen LogP contribution in [0.15, 0.2) is 52.0 Å². The van der Waals surface area contributed by atoms with Crippen molar-refractivity contribution in [3.63, 3.8) is 0 Å². The first-order valence-electron chi connectivity index (χ1n) is 5.95. The summed E-state index contributed by atoms with van der Waals surface area (Å²) >= 11 is 1.48. The van der Waals surface area contributed by atoms with Crippen molar-refractivity contribution in [2.24, 2.45) is 0 Å². The quantitative estimate of drug-likeness (QED) is 0.789. The number of thioether (sulfide) groups is 1. The van der Waals surface area contributed by atoms with E-state index in [2.05, 4.69) is 10.8 Å². The second-order valence-electron chi connectivity index (χ2n) is 4.08. The van der Waals surface area contributed by atoms with E-state index < -0.39 is 6.36 Å². The fourth-order valence-electron chi connectivity index (χ4n) is 1.72. The van der Waals surface area contributed by atoms with Crippen molar-refractivity contribution in [3.05, 3.63) is 47.1 Å². The van der Waals surface area contributed by atoms with E-state index in [1.54, 1.807) is 19.2 Å². The summed E-state index contributed by atoms with van der Waals surface area (Å²) in [4.78, 5) is 1.87. The molecule has 1 aliphatic carbocycles. The number of ether oxygens (including phenoxy) is 2. The van der Waals surface area contributed by atoms with Crippen LogP contribution in [-0.4, -0.2) is 13.5 Å². The molecule has 0 fully saturated rings. The van der Waals surface area contributed by atoms with Gasteiger partial charge in [0.25, 0.3) is 0 Å². The van der Waals surface area contributed by atoms with Crippen LogP contribution < -0.4 is 4.74 Å². The van der Waals surface area contributed by atoms with Crippen molar-refractivity contribution in [2.75, 3.05) is 7.11 Å². The number of halogens is 3. The van der Waals surface area contributed by atoms with Gasteiger partial charge in [-0.2, -0.15) is 0 Å². The summed E-state index contributed by atoms with van der Waals surface area (Å²) in [7, 11) is 1.63. The van der Waals surface area contributed by atoms with Gasteiger partial charge in [0.2, 0.25) is 0 Å². The Bertz CT molecular complexity index is 518. The summed E-state index contributed by atoms with van der Waals surface area (Å²) in [5, 5.41) is 0. The Hall–Kier alpha value is -1.56. The number of hydrogen-bond acceptors (Lipinski definition) is 3. The second kappa shape index (κ2) is 6.26. The molecule has 6 heteroatoms. The highest BCUT2D eigenvalue weighted by Gasteiger charge is 2.30. The number of allylic oxidation sites excluding steroid dienone is 3. The molecule has 0 heterocycles. The maximum absolute atomic E-state index is 12.0. The molecule has 0 aliphatic heterocycles. The monoisotopic (exact) mass is 302 g/mol. The molecule has 0 amide bonds. The summed E-state index contributed by atoms with van der Waals surface area (Å²) in [5.41, 5.74) is 0. The maximum atomic E-state index is 12.0. The van der Waals surface area contributed by atoms with Crippen molar-refractivity contribution in [1.82, 2.24) is 0 Å². The lowest BCUT2D eigenvalue weighted by atomic mass is 10.2. The summed E-state index contributed by atoms with van der Waals surface area (Å²) in [6, 6.07) is 5.81. The van der Waals surface area contributed by atoms with Gasteiger partial charge in [-0.3, -0.25) is 0 Å². The number of rotatable bonds is 4. The highest BCUT2D eigenvalue weighted by atomic mass is 32.2. The number of benzene rings is 1. The average molecular weight is 302 g/mol. The van der Waals surface area contributed by atoms with Gasteiger partial charge in [0.05, 0.1) is 12.9 Å². The molecule has 0 aromatic heterocycles. The molecule has 1 aliphatic rings. The Kier molecular flexibility index (Phi) is 4.65. The minimum atomic E-state index is -4.66. The normalized spacial score (nSPS) is 15.4. The van der Waals surface area contributed by atoms with E-state index in [0.29, 0.717) is 0 Å². The molecule has 0 bridgehead atoms. The number of methoxy groups -OCH3 is 1. The van der Waals surface area contributed by atoms with Gasteiger partial charge < -0.3 is 9.47 Å². The summed E-state index contributed by atoms with van der Waals surface area (Å²) in [6.07, 6.45) is 1.13. The summed E-state index contributed by atoms with van der Waals surface area (Å²) in [6.45, 7) is 0. The maximum Gasteiger partial charge on any atom is 0.573 e. The fraction of sp³-hybridized carbons (Fsp3) is 0.286. The molecule has 108 valence electrons. The minimum absolute atomic E-state index is 0.215. The third kappa shape index (κ3) is 4.52. The van der Waals surface area contributed by atoms with Crippen LogP contribution in [0.1, 0.15) is 12.8 Å². The van der Waals surface area contributed by atoms with Crippen LogP contribution in [0.5, 0.6) is 5.75 Å². The standard InChI is InChI=1S/C14H13F3O2S/c1-18-11-3-2-4-13(9-11)20-12-7-5-10(6-8-12)19-14(15,16)17/h4-9H,2-3H2,1H3. The highest BCUT2D eigenvalue weighted by Crippen LogP contribution is 2.33. The topological polar surface area (TPSA) is 18.5 Å². The molecule has 0 unspecified atom stereocenters. The van der Waals surface area contributed by atoms with Crippen molar-refractivity contribution < 1.29 is 22.6 Å². The fourth-order valence-corrected chi connectivity index (χ4v) is 2.66. The SMILES string of the molecule is COC1=CC(Sc2ccc(OC(F)(F)F)cc2)=CCC1. The van der Waals surface area contributed by atoms with Crippen molar-refractivity contribution in [1.29, 1.82) is 0 Å². The smallest absolute Gasteiger partial charge is 0.501 e. The van der Waals surface area contributed by atoms with E-state index in [0.717, 1.165) is 28.4 Å². The van der Waals surface area contributed by atoms with Gasteiger partial charge in [0.15, 0.2) is 0 Å². The van der Waals surface area contributed by atoms with Gasteiger partial charge in [-0.05, 0) is 36.8 Å². The van der Waals surface area contributed by atoms with Crippen molar-refractivity contribution >= 4 is 11.8 Å². The van der Waals surface area contributed by atoms with Crippen LogP contribution in [0.25, 0.3) is 0 Å². The lowest BCUT2D eigenvalue weighted by molar-refractivity contribution is -0.274. The molecule has 0 spiro atoms. The zero-order valence-electron chi connectivity index (χ0n) is 10.7. The zero-order valence-corrected chi connectivity index (χ0v) is 11.6. The third-order valence-corrected chi connectivity index (χ3v) is 3.62. The summed E-state index contributed by atoms with van der Waals surface area (Å²) in [5.74, 6) is 0.694. The Morgan fingerprint density at radius 1 is 1.15 bits per heavy atom. The molecule has 2 nitrogen and oxygen atoms in total. The van der Waals surface area contributed by atoms with Crippen molar-refractivity contribution in [3.8, 4) is 5.75 Å². The Morgan fingerprint density at radius 3 is 2.45 bits per heavy atom. The van der Waals surface area contributed by atoms with E-state index >= 15 is 0 Å². The lowest BCUT2D eigenvalue weighted by Crippen LogP contribution is -2.16.